The molecule has 1 N–H and O–H groups in total. The van der Waals surface area contributed by atoms with E-state index in [1.54, 1.807) is 0 Å². The largest absolute Gasteiger partial charge is 0.478 e. The second kappa shape index (κ2) is 4.62. The quantitative estimate of drug-likeness (QED) is 0.777. The summed E-state index contributed by atoms with van der Waals surface area (Å²) in [5, 5.41) is 11.2. The maximum Gasteiger partial charge on any atom is 0.337 e. The van der Waals surface area contributed by atoms with Crippen LogP contribution < -0.4 is 0 Å². The molecule has 3 heteroatoms. The highest BCUT2D eigenvalue weighted by molar-refractivity contribution is 7.11. The van der Waals surface area contributed by atoms with Crippen LogP contribution in [0.1, 0.15) is 37.0 Å². The summed E-state index contributed by atoms with van der Waals surface area (Å²) in [6.07, 6.45) is 5.43. The number of carbonyl (C=O) groups is 1. The van der Waals surface area contributed by atoms with Crippen LogP contribution in [0, 0.1) is 0 Å². The van der Waals surface area contributed by atoms with Gasteiger partial charge in [0, 0.05) is 4.88 Å². The predicted octanol–water partition coefficient (Wildman–Crippen LogP) is 3.55. The molecule has 0 unspecified atom stereocenters. The molecule has 1 aliphatic carbocycles. The fourth-order valence-corrected chi connectivity index (χ4v) is 2.89. The summed E-state index contributed by atoms with van der Waals surface area (Å²) in [4.78, 5) is 12.1. The van der Waals surface area contributed by atoms with Crippen LogP contribution >= 0.6 is 11.3 Å². The topological polar surface area (TPSA) is 37.3 Å². The van der Waals surface area contributed by atoms with Gasteiger partial charge in [0.25, 0.3) is 0 Å². The van der Waals surface area contributed by atoms with E-state index in [0.29, 0.717) is 5.57 Å². The van der Waals surface area contributed by atoms with Crippen molar-refractivity contribution in [3.05, 3.63) is 28.0 Å². The second-order valence-electron chi connectivity index (χ2n) is 3.82. The van der Waals surface area contributed by atoms with Crippen LogP contribution in [-0.2, 0) is 4.79 Å². The highest BCUT2D eigenvalue weighted by Gasteiger charge is 2.18. The normalized spacial score (nSPS) is 16.4. The van der Waals surface area contributed by atoms with E-state index in [2.05, 4.69) is 0 Å². The second-order valence-corrected chi connectivity index (χ2v) is 4.77. The van der Waals surface area contributed by atoms with Gasteiger partial charge >= 0.3 is 5.97 Å². The lowest BCUT2D eigenvalue weighted by atomic mass is 9.90. The minimum Gasteiger partial charge on any atom is -0.478 e. The van der Waals surface area contributed by atoms with E-state index < -0.39 is 5.97 Å². The molecule has 1 aliphatic rings. The van der Waals surface area contributed by atoms with Gasteiger partial charge in [-0.1, -0.05) is 18.1 Å². The minimum atomic E-state index is -0.769. The molecular weight excluding hydrogens is 208 g/mol. The summed E-state index contributed by atoms with van der Waals surface area (Å²) in [5.74, 6) is -0.769. The van der Waals surface area contributed by atoms with Crippen molar-refractivity contribution in [2.24, 2.45) is 0 Å². The summed E-state index contributed by atoms with van der Waals surface area (Å²) >= 11 is 1.51. The number of carboxylic acid groups (broad SMARTS) is 1. The molecule has 1 heterocycles. The molecule has 1 saturated carbocycles. The van der Waals surface area contributed by atoms with Crippen molar-refractivity contribution < 1.29 is 9.90 Å². The van der Waals surface area contributed by atoms with E-state index in [4.69, 9.17) is 0 Å². The molecule has 0 bridgehead atoms. The SMILES string of the molecule is O=C(O)C(=C1CCCCC1)c1cccs1. The Morgan fingerprint density at radius 1 is 1.27 bits per heavy atom. The first-order valence-electron chi connectivity index (χ1n) is 5.28. The smallest absolute Gasteiger partial charge is 0.337 e. The number of thiophene rings is 1. The molecule has 0 atom stereocenters. The number of hydrogen-bond acceptors (Lipinski definition) is 2. The Morgan fingerprint density at radius 2 is 2.00 bits per heavy atom. The maximum absolute atomic E-state index is 11.2. The van der Waals surface area contributed by atoms with Crippen molar-refractivity contribution in [3.63, 3.8) is 0 Å². The van der Waals surface area contributed by atoms with Gasteiger partial charge in [-0.15, -0.1) is 11.3 Å². The van der Waals surface area contributed by atoms with Crippen LogP contribution in [-0.4, -0.2) is 11.1 Å². The third kappa shape index (κ3) is 2.29. The average molecular weight is 222 g/mol. The van der Waals surface area contributed by atoms with Crippen LogP contribution in [0.25, 0.3) is 5.57 Å². The average Bonchev–Trinajstić information content (AvgIpc) is 2.72. The molecule has 0 aliphatic heterocycles. The lowest BCUT2D eigenvalue weighted by Crippen LogP contribution is -2.05. The Balaban J connectivity index is 2.37. The molecule has 1 fully saturated rings. The van der Waals surface area contributed by atoms with Gasteiger partial charge in [-0.25, -0.2) is 4.79 Å². The molecule has 0 radical (unpaired) electrons. The van der Waals surface area contributed by atoms with Crippen LogP contribution in [0.15, 0.2) is 23.1 Å². The van der Waals surface area contributed by atoms with E-state index >= 15 is 0 Å². The lowest BCUT2D eigenvalue weighted by Gasteiger charge is -2.16. The molecule has 80 valence electrons. The van der Waals surface area contributed by atoms with Crippen LogP contribution in [0.3, 0.4) is 0 Å². The van der Waals surface area contributed by atoms with Crippen molar-refractivity contribution in [3.8, 4) is 0 Å². The number of allylic oxidation sites excluding steroid dienone is 1. The summed E-state index contributed by atoms with van der Waals surface area (Å²) in [5.41, 5.74) is 1.70. The first-order valence-corrected chi connectivity index (χ1v) is 6.16. The third-order valence-corrected chi connectivity index (χ3v) is 3.68. The standard InChI is InChI=1S/C12H14O2S/c13-12(14)11(10-7-4-8-15-10)9-5-2-1-3-6-9/h4,7-8H,1-3,5-6H2,(H,13,14). The zero-order valence-corrected chi connectivity index (χ0v) is 9.35. The van der Waals surface area contributed by atoms with Gasteiger partial charge in [0.15, 0.2) is 0 Å². The molecule has 15 heavy (non-hydrogen) atoms. The van der Waals surface area contributed by atoms with Gasteiger partial charge in [0.1, 0.15) is 0 Å². The first kappa shape index (κ1) is 10.4. The Kier molecular flexibility index (Phi) is 3.21. The van der Waals surface area contributed by atoms with Crippen molar-refractivity contribution in [2.75, 3.05) is 0 Å². The number of carboxylic acids is 1. The van der Waals surface area contributed by atoms with Crippen LogP contribution in [0.5, 0.6) is 0 Å². The van der Waals surface area contributed by atoms with E-state index in [0.717, 1.165) is 36.1 Å². The number of hydrogen-bond donors (Lipinski definition) is 1. The predicted molar refractivity (Wildman–Crippen MR) is 62.0 cm³/mol. The van der Waals surface area contributed by atoms with E-state index in [9.17, 15) is 9.90 Å². The van der Waals surface area contributed by atoms with Crippen molar-refractivity contribution in [1.82, 2.24) is 0 Å². The van der Waals surface area contributed by atoms with Crippen LogP contribution in [0.4, 0.5) is 0 Å². The molecule has 0 aromatic carbocycles. The molecule has 1 aromatic heterocycles. The molecule has 0 saturated heterocycles. The van der Waals surface area contributed by atoms with Crippen molar-refractivity contribution >= 4 is 22.9 Å². The number of rotatable bonds is 2. The Hall–Kier alpha value is -1.09. The molecule has 1 aromatic rings. The molecule has 2 rings (SSSR count). The zero-order valence-electron chi connectivity index (χ0n) is 8.53. The summed E-state index contributed by atoms with van der Waals surface area (Å²) in [7, 11) is 0. The summed E-state index contributed by atoms with van der Waals surface area (Å²) in [6.45, 7) is 0. The monoisotopic (exact) mass is 222 g/mol. The van der Waals surface area contributed by atoms with Crippen molar-refractivity contribution in [2.45, 2.75) is 32.1 Å². The summed E-state index contributed by atoms with van der Waals surface area (Å²) in [6, 6.07) is 3.81. The van der Waals surface area contributed by atoms with E-state index in [-0.39, 0.29) is 0 Å². The van der Waals surface area contributed by atoms with Gasteiger partial charge in [-0.2, -0.15) is 0 Å². The maximum atomic E-state index is 11.2. The molecule has 0 spiro atoms. The Labute approximate surface area is 93.3 Å². The summed E-state index contributed by atoms with van der Waals surface area (Å²) < 4.78 is 0. The van der Waals surface area contributed by atoms with E-state index in [1.165, 1.54) is 17.8 Å². The Bertz CT molecular complexity index is 368. The van der Waals surface area contributed by atoms with Gasteiger partial charge in [0.05, 0.1) is 5.57 Å². The van der Waals surface area contributed by atoms with Crippen molar-refractivity contribution in [1.29, 1.82) is 0 Å². The third-order valence-electron chi connectivity index (χ3n) is 2.79. The fraction of sp³-hybridized carbons (Fsp3) is 0.417. The highest BCUT2D eigenvalue weighted by Crippen LogP contribution is 2.32. The first-order chi connectivity index (χ1) is 7.29. The van der Waals surface area contributed by atoms with Gasteiger partial charge in [-0.05, 0) is 37.1 Å². The van der Waals surface area contributed by atoms with Gasteiger partial charge in [0.2, 0.25) is 0 Å². The Morgan fingerprint density at radius 3 is 2.53 bits per heavy atom. The minimum absolute atomic E-state index is 0.560. The van der Waals surface area contributed by atoms with Gasteiger partial charge < -0.3 is 5.11 Å². The number of aliphatic carboxylic acids is 1. The van der Waals surface area contributed by atoms with Crippen LogP contribution in [0.2, 0.25) is 0 Å². The fourth-order valence-electron chi connectivity index (χ4n) is 2.08. The van der Waals surface area contributed by atoms with Gasteiger partial charge in [-0.3, -0.25) is 0 Å². The molecule has 2 nitrogen and oxygen atoms in total. The molecule has 0 amide bonds. The molecular formula is C12H14O2S. The van der Waals surface area contributed by atoms with E-state index in [1.807, 2.05) is 17.5 Å². The highest BCUT2D eigenvalue weighted by atomic mass is 32.1. The zero-order chi connectivity index (χ0) is 10.7. The lowest BCUT2D eigenvalue weighted by molar-refractivity contribution is -0.130.